The number of imidazole rings is 1. The Morgan fingerprint density at radius 2 is 1.79 bits per heavy atom. The third-order valence-electron chi connectivity index (χ3n) is 3.95. The molecule has 2 aromatic carbocycles. The maximum atomic E-state index is 12.3. The number of thioether (sulfide) groups is 1. The lowest BCUT2D eigenvalue weighted by molar-refractivity contribution is -0.114. The van der Waals surface area contributed by atoms with Crippen molar-refractivity contribution in [3.8, 4) is 0 Å². The summed E-state index contributed by atoms with van der Waals surface area (Å²) in [6.45, 7) is 4.22. The number of aryl methyl sites for hydroxylation is 1. The zero-order chi connectivity index (χ0) is 19.9. The molecule has 3 aromatic rings. The molecule has 2 amide bonds. The van der Waals surface area contributed by atoms with Crippen LogP contribution in [0.15, 0.2) is 66.1 Å². The number of rotatable bonds is 7. The summed E-state index contributed by atoms with van der Waals surface area (Å²) in [5.74, 6) is -0.0377. The third-order valence-corrected chi connectivity index (χ3v) is 4.95. The van der Waals surface area contributed by atoms with Crippen molar-refractivity contribution in [2.45, 2.75) is 25.5 Å². The fourth-order valence-electron chi connectivity index (χ4n) is 2.65. The zero-order valence-electron chi connectivity index (χ0n) is 15.8. The zero-order valence-corrected chi connectivity index (χ0v) is 16.6. The Hall–Kier alpha value is -3.06. The average Bonchev–Trinajstić information content (AvgIpc) is 3.09. The van der Waals surface area contributed by atoms with Crippen LogP contribution in [0.25, 0.3) is 0 Å². The molecule has 1 heterocycles. The molecule has 6 nitrogen and oxygen atoms in total. The van der Waals surface area contributed by atoms with Gasteiger partial charge in [-0.1, -0.05) is 47.7 Å². The van der Waals surface area contributed by atoms with Crippen molar-refractivity contribution < 1.29 is 9.59 Å². The van der Waals surface area contributed by atoms with Gasteiger partial charge in [0.2, 0.25) is 11.8 Å². The minimum Gasteiger partial charge on any atom is -0.326 e. The molecule has 0 spiro atoms. The highest BCUT2D eigenvalue weighted by molar-refractivity contribution is 7.99. The monoisotopic (exact) mass is 394 g/mol. The van der Waals surface area contributed by atoms with E-state index in [1.807, 2.05) is 10.8 Å². The topological polar surface area (TPSA) is 76.0 Å². The number of anilines is 2. The molecule has 0 bridgehead atoms. The molecule has 0 radical (unpaired) electrons. The van der Waals surface area contributed by atoms with Gasteiger partial charge in [-0.15, -0.1) is 0 Å². The Bertz CT molecular complexity index is 967. The number of aromatic nitrogens is 2. The number of carbonyl (C=O) groups is 2. The Balaban J connectivity index is 1.56. The van der Waals surface area contributed by atoms with Gasteiger partial charge < -0.3 is 15.2 Å². The standard InChI is InChI=1S/C21H22N4O2S/c1-15-6-8-17(9-7-15)13-25-11-10-22-21(25)28-14-20(27)24-19-5-3-4-18(12-19)23-16(2)26/h3-12H,13-14H2,1-2H3,(H,23,26)(H,24,27). The van der Waals surface area contributed by atoms with Gasteiger partial charge in [0.25, 0.3) is 0 Å². The summed E-state index contributed by atoms with van der Waals surface area (Å²) >= 11 is 1.39. The van der Waals surface area contributed by atoms with Crippen LogP contribution >= 0.6 is 11.8 Å². The van der Waals surface area contributed by atoms with Crippen molar-refractivity contribution in [1.29, 1.82) is 0 Å². The Morgan fingerprint density at radius 3 is 2.50 bits per heavy atom. The van der Waals surface area contributed by atoms with Crippen molar-refractivity contribution in [3.05, 3.63) is 72.1 Å². The van der Waals surface area contributed by atoms with Crippen molar-refractivity contribution in [1.82, 2.24) is 9.55 Å². The van der Waals surface area contributed by atoms with Crippen LogP contribution in [0.1, 0.15) is 18.1 Å². The van der Waals surface area contributed by atoms with Crippen molar-refractivity contribution >= 4 is 35.0 Å². The van der Waals surface area contributed by atoms with Gasteiger partial charge in [-0.05, 0) is 30.7 Å². The van der Waals surface area contributed by atoms with E-state index in [1.165, 1.54) is 29.8 Å². The van der Waals surface area contributed by atoms with E-state index in [0.29, 0.717) is 17.9 Å². The highest BCUT2D eigenvalue weighted by atomic mass is 32.2. The average molecular weight is 395 g/mol. The van der Waals surface area contributed by atoms with E-state index in [1.54, 1.807) is 30.5 Å². The molecule has 0 aliphatic carbocycles. The summed E-state index contributed by atoms with van der Waals surface area (Å²) in [4.78, 5) is 27.8. The van der Waals surface area contributed by atoms with Crippen LogP contribution in [0.4, 0.5) is 11.4 Å². The molecule has 0 atom stereocenters. The van der Waals surface area contributed by atoms with Gasteiger partial charge in [0.15, 0.2) is 5.16 Å². The van der Waals surface area contributed by atoms with Gasteiger partial charge in [0.1, 0.15) is 0 Å². The van der Waals surface area contributed by atoms with Crippen LogP contribution in [-0.4, -0.2) is 27.1 Å². The lowest BCUT2D eigenvalue weighted by Gasteiger charge is -2.09. The molecule has 0 saturated heterocycles. The molecule has 0 fully saturated rings. The molecule has 1 aromatic heterocycles. The summed E-state index contributed by atoms with van der Waals surface area (Å²) in [7, 11) is 0. The molecular weight excluding hydrogens is 372 g/mol. The maximum absolute atomic E-state index is 12.3. The number of nitrogens with one attached hydrogen (secondary N) is 2. The van der Waals surface area contributed by atoms with Crippen molar-refractivity contribution in [2.24, 2.45) is 0 Å². The minimum absolute atomic E-state index is 0.130. The van der Waals surface area contributed by atoms with Gasteiger partial charge >= 0.3 is 0 Å². The summed E-state index contributed by atoms with van der Waals surface area (Å²) in [6.07, 6.45) is 3.66. The molecule has 7 heteroatoms. The lowest BCUT2D eigenvalue weighted by atomic mass is 10.1. The predicted molar refractivity (Wildman–Crippen MR) is 113 cm³/mol. The SMILES string of the molecule is CC(=O)Nc1cccc(NC(=O)CSc2nccn2Cc2ccc(C)cc2)c1. The quantitative estimate of drug-likeness (QED) is 0.596. The number of nitrogens with zero attached hydrogens (tertiary/aromatic N) is 2. The molecule has 0 saturated carbocycles. The smallest absolute Gasteiger partial charge is 0.234 e. The Labute approximate surface area is 168 Å². The molecule has 2 N–H and O–H groups in total. The van der Waals surface area contributed by atoms with E-state index < -0.39 is 0 Å². The molecule has 0 aliphatic heterocycles. The summed E-state index contributed by atoms with van der Waals surface area (Å²) in [6, 6.07) is 15.4. The maximum Gasteiger partial charge on any atom is 0.234 e. The van der Waals surface area contributed by atoms with Gasteiger partial charge in [0.05, 0.1) is 5.75 Å². The van der Waals surface area contributed by atoms with Crippen LogP contribution in [-0.2, 0) is 16.1 Å². The van der Waals surface area contributed by atoms with Crippen LogP contribution in [0, 0.1) is 6.92 Å². The predicted octanol–water partition coefficient (Wildman–Crippen LogP) is 3.93. The van der Waals surface area contributed by atoms with Crippen LogP contribution in [0.5, 0.6) is 0 Å². The van der Waals surface area contributed by atoms with Gasteiger partial charge in [-0.3, -0.25) is 9.59 Å². The number of benzene rings is 2. The third kappa shape index (κ3) is 5.72. The molecule has 144 valence electrons. The molecule has 0 unspecified atom stereocenters. The summed E-state index contributed by atoms with van der Waals surface area (Å²) in [5.41, 5.74) is 3.69. The van der Waals surface area contributed by atoms with E-state index >= 15 is 0 Å². The fraction of sp³-hybridized carbons (Fsp3) is 0.190. The Morgan fingerprint density at radius 1 is 1.07 bits per heavy atom. The fourth-order valence-corrected chi connectivity index (χ4v) is 3.41. The molecule has 3 rings (SSSR count). The Kier molecular flexibility index (Phi) is 6.49. The normalized spacial score (nSPS) is 10.5. The van der Waals surface area contributed by atoms with E-state index in [-0.39, 0.29) is 17.6 Å². The van der Waals surface area contributed by atoms with E-state index in [4.69, 9.17) is 0 Å². The number of carbonyl (C=O) groups excluding carboxylic acids is 2. The second-order valence-corrected chi connectivity index (χ2v) is 7.36. The second-order valence-electron chi connectivity index (χ2n) is 6.42. The van der Waals surface area contributed by atoms with E-state index in [2.05, 4.69) is 46.8 Å². The van der Waals surface area contributed by atoms with Gasteiger partial charge in [-0.25, -0.2) is 4.98 Å². The summed E-state index contributed by atoms with van der Waals surface area (Å²) in [5, 5.41) is 6.34. The highest BCUT2D eigenvalue weighted by Crippen LogP contribution is 2.19. The van der Waals surface area contributed by atoms with E-state index in [9.17, 15) is 9.59 Å². The first-order valence-corrected chi connectivity index (χ1v) is 9.85. The number of hydrogen-bond donors (Lipinski definition) is 2. The van der Waals surface area contributed by atoms with Crippen LogP contribution < -0.4 is 10.6 Å². The van der Waals surface area contributed by atoms with Crippen LogP contribution in [0.3, 0.4) is 0 Å². The molecule has 0 aliphatic rings. The summed E-state index contributed by atoms with van der Waals surface area (Å²) < 4.78 is 2.03. The largest absolute Gasteiger partial charge is 0.326 e. The van der Waals surface area contributed by atoms with Crippen LogP contribution in [0.2, 0.25) is 0 Å². The van der Waals surface area contributed by atoms with Gasteiger partial charge in [-0.2, -0.15) is 0 Å². The second kappa shape index (κ2) is 9.23. The van der Waals surface area contributed by atoms with Crippen molar-refractivity contribution in [2.75, 3.05) is 16.4 Å². The van der Waals surface area contributed by atoms with Gasteiger partial charge in [0, 0.05) is 37.2 Å². The molecule has 28 heavy (non-hydrogen) atoms. The minimum atomic E-state index is -0.153. The number of hydrogen-bond acceptors (Lipinski definition) is 4. The highest BCUT2D eigenvalue weighted by Gasteiger charge is 2.09. The number of amides is 2. The first kappa shape index (κ1) is 19.7. The van der Waals surface area contributed by atoms with Crippen molar-refractivity contribution in [3.63, 3.8) is 0 Å². The van der Waals surface area contributed by atoms with E-state index in [0.717, 1.165) is 5.16 Å². The first-order chi connectivity index (χ1) is 13.5. The first-order valence-electron chi connectivity index (χ1n) is 8.86. The molecular formula is C21H22N4O2S. The lowest BCUT2D eigenvalue weighted by Crippen LogP contribution is -2.15.